The fraction of sp³-hybridized carbons (Fsp3) is 0.250. The van der Waals surface area contributed by atoms with E-state index in [0.717, 1.165) is 28.2 Å². The number of hydrogen-bond acceptors (Lipinski definition) is 11. The van der Waals surface area contributed by atoms with E-state index in [1.54, 1.807) is 24.0 Å². The van der Waals surface area contributed by atoms with Gasteiger partial charge in [-0.3, -0.25) is 5.32 Å². The molecule has 0 aliphatic carbocycles. The average molecular weight is 501 g/mol. The third-order valence-corrected chi connectivity index (χ3v) is 7.11. The lowest BCUT2D eigenvalue weighted by atomic mass is 10.1. The first kappa shape index (κ1) is 23.4. The van der Waals surface area contributed by atoms with Crippen molar-refractivity contribution in [2.45, 2.75) is 31.3 Å². The number of aromatic nitrogens is 3. The molecule has 2 aromatic heterocycles. The minimum absolute atomic E-state index is 0.0197. The number of nitrogens with one attached hydrogen (secondary N) is 2. The summed E-state index contributed by atoms with van der Waals surface area (Å²) in [5.41, 5.74) is 2.73. The standard InChI is InChI=1S/C20H20N8O4S2/c1-11-16(18(29)30)33-20(24-11)27-19-25-15-6-7-28(10-21)9-14(15)17(26-19)23-8-12-2-4-13(5-3-12)34(22,31)32/h2-5H,6-9H2,1H3,(H,29,30)(H2,22,31,32)(H2,23,24,25,26,27). The van der Waals surface area contributed by atoms with Crippen LogP contribution in [-0.2, 0) is 29.5 Å². The number of fused-ring (bicyclic) bond motifs is 1. The molecule has 0 saturated carbocycles. The van der Waals surface area contributed by atoms with E-state index in [-0.39, 0.29) is 15.7 Å². The summed E-state index contributed by atoms with van der Waals surface area (Å²) in [6.45, 7) is 2.82. The Labute approximate surface area is 199 Å². The number of nitriles is 1. The monoisotopic (exact) mass is 500 g/mol. The van der Waals surface area contributed by atoms with Crippen molar-refractivity contribution < 1.29 is 18.3 Å². The molecule has 3 heterocycles. The fourth-order valence-corrected chi connectivity index (χ4v) is 4.74. The zero-order chi connectivity index (χ0) is 24.5. The zero-order valence-electron chi connectivity index (χ0n) is 17.9. The number of carboxylic acid groups (broad SMARTS) is 1. The van der Waals surface area contributed by atoms with Gasteiger partial charge in [0.05, 0.1) is 22.8 Å². The second kappa shape index (κ2) is 9.21. The highest BCUT2D eigenvalue weighted by Gasteiger charge is 2.23. The normalized spacial score (nSPS) is 13.1. The highest BCUT2D eigenvalue weighted by molar-refractivity contribution is 7.89. The van der Waals surface area contributed by atoms with Gasteiger partial charge in [0.25, 0.3) is 0 Å². The first-order valence-corrected chi connectivity index (χ1v) is 12.4. The molecule has 0 fully saturated rings. The van der Waals surface area contributed by atoms with Crippen molar-refractivity contribution >= 4 is 44.2 Å². The van der Waals surface area contributed by atoms with Crippen molar-refractivity contribution in [1.82, 2.24) is 19.9 Å². The molecule has 1 aromatic carbocycles. The lowest BCUT2D eigenvalue weighted by Gasteiger charge is -2.25. The number of aryl methyl sites for hydroxylation is 1. The lowest BCUT2D eigenvalue weighted by Crippen LogP contribution is -2.28. The van der Waals surface area contributed by atoms with Gasteiger partial charge in [0, 0.05) is 25.1 Å². The van der Waals surface area contributed by atoms with E-state index < -0.39 is 16.0 Å². The maximum atomic E-state index is 11.5. The van der Waals surface area contributed by atoms with Gasteiger partial charge in [-0.25, -0.2) is 28.3 Å². The van der Waals surface area contributed by atoms with Crippen LogP contribution in [-0.4, -0.2) is 45.9 Å². The summed E-state index contributed by atoms with van der Waals surface area (Å²) in [4.78, 5) is 26.4. The van der Waals surface area contributed by atoms with Crippen molar-refractivity contribution in [2.75, 3.05) is 17.2 Å². The van der Waals surface area contributed by atoms with Crippen LogP contribution in [0.4, 0.5) is 16.9 Å². The van der Waals surface area contributed by atoms with Gasteiger partial charge >= 0.3 is 5.97 Å². The number of aromatic carboxylic acids is 1. The van der Waals surface area contributed by atoms with E-state index in [0.29, 0.717) is 42.7 Å². The van der Waals surface area contributed by atoms with Crippen LogP contribution in [0.5, 0.6) is 0 Å². The first-order chi connectivity index (χ1) is 16.1. The molecule has 3 aromatic rings. The smallest absolute Gasteiger partial charge is 0.347 e. The van der Waals surface area contributed by atoms with Gasteiger partial charge in [-0.15, -0.1) is 0 Å². The maximum absolute atomic E-state index is 11.5. The Kier molecular flexibility index (Phi) is 6.33. The van der Waals surface area contributed by atoms with Gasteiger partial charge in [-0.05, 0) is 24.6 Å². The molecule has 1 aliphatic rings. The van der Waals surface area contributed by atoms with Gasteiger partial charge in [0.2, 0.25) is 16.0 Å². The highest BCUT2D eigenvalue weighted by Crippen LogP contribution is 2.29. The fourth-order valence-electron chi connectivity index (χ4n) is 3.43. The van der Waals surface area contributed by atoms with E-state index >= 15 is 0 Å². The number of primary sulfonamides is 1. The quantitative estimate of drug-likeness (QED) is 0.346. The number of thiazole rings is 1. The van der Waals surface area contributed by atoms with E-state index in [1.807, 2.05) is 0 Å². The summed E-state index contributed by atoms with van der Waals surface area (Å²) in [5, 5.41) is 30.3. The minimum Gasteiger partial charge on any atom is -0.477 e. The van der Waals surface area contributed by atoms with E-state index in [4.69, 9.17) is 5.14 Å². The summed E-state index contributed by atoms with van der Waals surface area (Å²) in [6, 6.07) is 6.15. The number of nitrogens with two attached hydrogens (primary N) is 1. The van der Waals surface area contributed by atoms with E-state index in [9.17, 15) is 23.6 Å². The number of benzene rings is 1. The summed E-state index contributed by atoms with van der Waals surface area (Å²) in [7, 11) is -3.78. The topological polar surface area (TPSA) is 187 Å². The SMILES string of the molecule is Cc1nc(Nc2nc3c(c(NCc4ccc(S(N)(=O)=O)cc4)n2)CN(C#N)CC3)sc1C(=O)O. The Morgan fingerprint density at radius 3 is 2.65 bits per heavy atom. The van der Waals surface area contributed by atoms with Crippen molar-refractivity contribution in [3.8, 4) is 6.19 Å². The van der Waals surface area contributed by atoms with Crippen molar-refractivity contribution in [2.24, 2.45) is 5.14 Å². The van der Waals surface area contributed by atoms with Gasteiger partial charge < -0.3 is 15.3 Å². The van der Waals surface area contributed by atoms with Crippen molar-refractivity contribution in [1.29, 1.82) is 5.26 Å². The predicted octanol–water partition coefficient (Wildman–Crippen LogP) is 1.78. The second-order valence-electron chi connectivity index (χ2n) is 7.50. The molecule has 5 N–H and O–H groups in total. The number of nitrogens with zero attached hydrogens (tertiary/aromatic N) is 5. The molecule has 0 amide bonds. The molecular weight excluding hydrogens is 480 g/mol. The summed E-state index contributed by atoms with van der Waals surface area (Å²) in [5.74, 6) is -0.293. The number of carboxylic acids is 1. The molecule has 0 radical (unpaired) electrons. The number of sulfonamides is 1. The van der Waals surface area contributed by atoms with E-state index in [1.165, 1.54) is 12.1 Å². The van der Waals surface area contributed by atoms with Crippen LogP contribution in [0.3, 0.4) is 0 Å². The molecule has 34 heavy (non-hydrogen) atoms. The van der Waals surface area contributed by atoms with E-state index in [2.05, 4.69) is 31.8 Å². The predicted molar refractivity (Wildman–Crippen MR) is 124 cm³/mol. The van der Waals surface area contributed by atoms with Gasteiger partial charge in [0.1, 0.15) is 10.7 Å². The van der Waals surface area contributed by atoms with Gasteiger partial charge in [-0.1, -0.05) is 23.5 Å². The molecular formula is C20H20N8O4S2. The largest absolute Gasteiger partial charge is 0.477 e. The van der Waals surface area contributed by atoms with Crippen molar-refractivity contribution in [3.05, 3.63) is 51.7 Å². The number of hydrogen-bond donors (Lipinski definition) is 4. The molecule has 0 atom stereocenters. The maximum Gasteiger partial charge on any atom is 0.347 e. The molecule has 1 aliphatic heterocycles. The third-order valence-electron chi connectivity index (χ3n) is 5.12. The minimum atomic E-state index is -3.78. The summed E-state index contributed by atoms with van der Waals surface area (Å²) < 4.78 is 22.9. The number of anilines is 3. The molecule has 14 heteroatoms. The Balaban J connectivity index is 1.61. The van der Waals surface area contributed by atoms with Gasteiger partial charge in [0.15, 0.2) is 11.3 Å². The average Bonchev–Trinajstić information content (AvgIpc) is 3.17. The molecule has 0 spiro atoms. The Bertz CT molecular complexity index is 1400. The third kappa shape index (κ3) is 5.06. The summed E-state index contributed by atoms with van der Waals surface area (Å²) >= 11 is 0.990. The van der Waals surface area contributed by atoms with Crippen LogP contribution in [0.15, 0.2) is 29.2 Å². The second-order valence-corrected chi connectivity index (χ2v) is 10.1. The van der Waals surface area contributed by atoms with Crippen LogP contribution in [0, 0.1) is 18.4 Å². The number of rotatable bonds is 7. The Hall–Kier alpha value is -3.80. The Morgan fingerprint density at radius 1 is 1.29 bits per heavy atom. The van der Waals surface area contributed by atoms with Crippen LogP contribution >= 0.6 is 11.3 Å². The number of carbonyl (C=O) groups is 1. The lowest BCUT2D eigenvalue weighted by molar-refractivity contribution is 0.0701. The Morgan fingerprint density at radius 2 is 2.03 bits per heavy atom. The molecule has 0 saturated heterocycles. The van der Waals surface area contributed by atoms with Crippen LogP contribution in [0.25, 0.3) is 0 Å². The van der Waals surface area contributed by atoms with Gasteiger partial charge in [-0.2, -0.15) is 10.2 Å². The molecule has 176 valence electrons. The highest BCUT2D eigenvalue weighted by atomic mass is 32.2. The molecule has 0 unspecified atom stereocenters. The van der Waals surface area contributed by atoms with Crippen LogP contribution in [0.2, 0.25) is 0 Å². The van der Waals surface area contributed by atoms with Crippen LogP contribution < -0.4 is 15.8 Å². The zero-order valence-corrected chi connectivity index (χ0v) is 19.6. The summed E-state index contributed by atoms with van der Waals surface area (Å²) in [6.07, 6.45) is 2.68. The molecule has 0 bridgehead atoms. The first-order valence-electron chi connectivity index (χ1n) is 10.0. The molecule has 4 rings (SSSR count). The van der Waals surface area contributed by atoms with Crippen molar-refractivity contribution in [3.63, 3.8) is 0 Å². The molecule has 12 nitrogen and oxygen atoms in total. The van der Waals surface area contributed by atoms with Crippen LogP contribution in [0.1, 0.15) is 32.2 Å².